The standard InChI is InChI=1S/C17H23NO2/c19-17(20)11-10-16-8-3-2-7-15(16)9-6-14-18-12-4-1-5-13-18/h2-3,7-8,10-11H,1,4-6,9,12-14H2,(H,19,20)/b11-10+. The molecule has 1 aromatic carbocycles. The molecule has 0 bridgehead atoms. The van der Waals surface area contributed by atoms with E-state index in [1.807, 2.05) is 18.2 Å². The number of nitrogens with zero attached hydrogens (tertiary/aromatic N) is 1. The van der Waals surface area contributed by atoms with Gasteiger partial charge in [-0.2, -0.15) is 0 Å². The second-order valence-corrected chi connectivity index (χ2v) is 5.38. The van der Waals surface area contributed by atoms with Crippen LogP contribution < -0.4 is 0 Å². The van der Waals surface area contributed by atoms with Crippen LogP contribution in [0.15, 0.2) is 30.3 Å². The van der Waals surface area contributed by atoms with E-state index in [9.17, 15) is 4.79 Å². The highest BCUT2D eigenvalue weighted by Crippen LogP contribution is 2.14. The number of carboxylic acid groups (broad SMARTS) is 1. The molecule has 2 rings (SSSR count). The van der Waals surface area contributed by atoms with Crippen LogP contribution in [0.25, 0.3) is 6.08 Å². The Bertz CT molecular complexity index is 462. The van der Waals surface area contributed by atoms with E-state index in [2.05, 4.69) is 11.0 Å². The molecule has 1 aliphatic rings. The van der Waals surface area contributed by atoms with Crippen LogP contribution in [0.3, 0.4) is 0 Å². The Balaban J connectivity index is 1.86. The summed E-state index contributed by atoms with van der Waals surface area (Å²) >= 11 is 0. The van der Waals surface area contributed by atoms with E-state index in [4.69, 9.17) is 5.11 Å². The van der Waals surface area contributed by atoms with Gasteiger partial charge in [0.05, 0.1) is 0 Å². The molecule has 1 N–H and O–H groups in total. The summed E-state index contributed by atoms with van der Waals surface area (Å²) in [4.78, 5) is 13.2. The minimum absolute atomic E-state index is 0.895. The van der Waals surface area contributed by atoms with Crippen molar-refractivity contribution in [2.45, 2.75) is 32.1 Å². The minimum Gasteiger partial charge on any atom is -0.478 e. The van der Waals surface area contributed by atoms with Crippen LogP contribution in [-0.4, -0.2) is 35.6 Å². The molecule has 1 aliphatic heterocycles. The molecule has 0 spiro atoms. The molecule has 0 aliphatic carbocycles. The fourth-order valence-electron chi connectivity index (χ4n) is 2.76. The highest BCUT2D eigenvalue weighted by molar-refractivity contribution is 5.85. The second-order valence-electron chi connectivity index (χ2n) is 5.38. The third-order valence-corrected chi connectivity index (χ3v) is 3.83. The smallest absolute Gasteiger partial charge is 0.328 e. The molecule has 0 unspecified atom stereocenters. The van der Waals surface area contributed by atoms with Gasteiger partial charge in [0.2, 0.25) is 0 Å². The Morgan fingerprint density at radius 2 is 1.95 bits per heavy atom. The highest BCUT2D eigenvalue weighted by atomic mass is 16.4. The maximum atomic E-state index is 10.6. The van der Waals surface area contributed by atoms with Gasteiger partial charge in [-0.25, -0.2) is 4.79 Å². The lowest BCUT2D eigenvalue weighted by molar-refractivity contribution is -0.131. The van der Waals surface area contributed by atoms with Gasteiger partial charge in [-0.15, -0.1) is 0 Å². The number of aryl methyl sites for hydroxylation is 1. The average Bonchev–Trinajstić information content (AvgIpc) is 2.47. The van der Waals surface area contributed by atoms with Gasteiger partial charge in [0.15, 0.2) is 0 Å². The van der Waals surface area contributed by atoms with Crippen molar-refractivity contribution in [2.75, 3.05) is 19.6 Å². The average molecular weight is 273 g/mol. The number of hydrogen-bond acceptors (Lipinski definition) is 2. The zero-order valence-electron chi connectivity index (χ0n) is 11.9. The lowest BCUT2D eigenvalue weighted by Gasteiger charge is -2.26. The van der Waals surface area contributed by atoms with Crippen LogP contribution in [0.4, 0.5) is 0 Å². The molecular formula is C17H23NO2. The Labute approximate surface area is 120 Å². The number of benzene rings is 1. The molecule has 0 amide bonds. The summed E-state index contributed by atoms with van der Waals surface area (Å²) in [6, 6.07) is 8.05. The van der Waals surface area contributed by atoms with Gasteiger partial charge in [0, 0.05) is 6.08 Å². The molecule has 20 heavy (non-hydrogen) atoms. The maximum absolute atomic E-state index is 10.6. The van der Waals surface area contributed by atoms with E-state index in [-0.39, 0.29) is 0 Å². The number of rotatable bonds is 6. The van der Waals surface area contributed by atoms with Crippen LogP contribution in [-0.2, 0) is 11.2 Å². The van der Waals surface area contributed by atoms with Crippen molar-refractivity contribution >= 4 is 12.0 Å². The molecule has 1 aromatic rings. The molecule has 1 saturated heterocycles. The molecular weight excluding hydrogens is 250 g/mol. The third-order valence-electron chi connectivity index (χ3n) is 3.83. The molecule has 3 heteroatoms. The van der Waals surface area contributed by atoms with Gasteiger partial charge in [0.1, 0.15) is 0 Å². The predicted octanol–water partition coefficient (Wildman–Crippen LogP) is 3.20. The molecule has 1 fully saturated rings. The number of piperidine rings is 1. The van der Waals surface area contributed by atoms with Crippen molar-refractivity contribution in [3.63, 3.8) is 0 Å². The van der Waals surface area contributed by atoms with E-state index in [1.54, 1.807) is 6.08 Å². The van der Waals surface area contributed by atoms with Crippen molar-refractivity contribution in [3.8, 4) is 0 Å². The largest absolute Gasteiger partial charge is 0.478 e. The van der Waals surface area contributed by atoms with Gasteiger partial charge in [0.25, 0.3) is 0 Å². The van der Waals surface area contributed by atoms with Gasteiger partial charge in [-0.05, 0) is 62.5 Å². The molecule has 0 radical (unpaired) electrons. The first-order chi connectivity index (χ1) is 9.75. The fourth-order valence-corrected chi connectivity index (χ4v) is 2.76. The molecule has 0 saturated carbocycles. The highest BCUT2D eigenvalue weighted by Gasteiger charge is 2.09. The Morgan fingerprint density at radius 3 is 2.70 bits per heavy atom. The summed E-state index contributed by atoms with van der Waals surface area (Å²) in [5.41, 5.74) is 2.26. The second kappa shape index (κ2) is 7.85. The van der Waals surface area contributed by atoms with Crippen LogP contribution in [0, 0.1) is 0 Å². The van der Waals surface area contributed by atoms with Crippen molar-refractivity contribution in [3.05, 3.63) is 41.5 Å². The first kappa shape index (κ1) is 14.8. The summed E-state index contributed by atoms with van der Waals surface area (Å²) in [7, 11) is 0. The van der Waals surface area contributed by atoms with E-state index < -0.39 is 5.97 Å². The van der Waals surface area contributed by atoms with Crippen molar-refractivity contribution in [2.24, 2.45) is 0 Å². The first-order valence-electron chi connectivity index (χ1n) is 7.47. The molecule has 3 nitrogen and oxygen atoms in total. The van der Waals surface area contributed by atoms with Gasteiger partial charge in [-0.3, -0.25) is 0 Å². The van der Waals surface area contributed by atoms with Gasteiger partial charge in [-0.1, -0.05) is 30.7 Å². The molecule has 0 atom stereocenters. The molecule has 0 aromatic heterocycles. The summed E-state index contributed by atoms with van der Waals surface area (Å²) in [6.07, 6.45) is 9.09. The zero-order valence-corrected chi connectivity index (χ0v) is 11.9. The number of likely N-dealkylation sites (tertiary alicyclic amines) is 1. The quantitative estimate of drug-likeness (QED) is 0.809. The normalized spacial score (nSPS) is 16.6. The monoisotopic (exact) mass is 273 g/mol. The SMILES string of the molecule is O=C(O)/C=C/c1ccccc1CCCN1CCCCC1. The van der Waals surface area contributed by atoms with Crippen LogP contribution >= 0.6 is 0 Å². The third kappa shape index (κ3) is 4.82. The van der Waals surface area contributed by atoms with E-state index in [0.29, 0.717) is 0 Å². The molecule has 1 heterocycles. The van der Waals surface area contributed by atoms with E-state index in [1.165, 1.54) is 44.0 Å². The van der Waals surface area contributed by atoms with E-state index in [0.717, 1.165) is 24.9 Å². The van der Waals surface area contributed by atoms with Crippen LogP contribution in [0.5, 0.6) is 0 Å². The Morgan fingerprint density at radius 1 is 1.20 bits per heavy atom. The Hall–Kier alpha value is -1.61. The van der Waals surface area contributed by atoms with Crippen molar-refractivity contribution in [1.29, 1.82) is 0 Å². The summed E-state index contributed by atoms with van der Waals surface area (Å²) in [5, 5.41) is 8.72. The fraction of sp³-hybridized carbons (Fsp3) is 0.471. The maximum Gasteiger partial charge on any atom is 0.328 e. The first-order valence-corrected chi connectivity index (χ1v) is 7.47. The zero-order chi connectivity index (χ0) is 14.2. The lowest BCUT2D eigenvalue weighted by atomic mass is 10.0. The summed E-state index contributed by atoms with van der Waals surface area (Å²) < 4.78 is 0. The van der Waals surface area contributed by atoms with Crippen LogP contribution in [0.2, 0.25) is 0 Å². The minimum atomic E-state index is -0.895. The van der Waals surface area contributed by atoms with Gasteiger partial charge >= 0.3 is 5.97 Å². The topological polar surface area (TPSA) is 40.5 Å². The number of hydrogen-bond donors (Lipinski definition) is 1. The number of aliphatic carboxylic acids is 1. The number of carbonyl (C=O) groups is 1. The van der Waals surface area contributed by atoms with Crippen molar-refractivity contribution < 1.29 is 9.90 Å². The summed E-state index contributed by atoms with van der Waals surface area (Å²) in [5.74, 6) is -0.895. The van der Waals surface area contributed by atoms with E-state index >= 15 is 0 Å². The lowest BCUT2D eigenvalue weighted by Crippen LogP contribution is -2.30. The van der Waals surface area contributed by atoms with Crippen molar-refractivity contribution in [1.82, 2.24) is 4.90 Å². The number of carboxylic acids is 1. The Kier molecular flexibility index (Phi) is 5.81. The van der Waals surface area contributed by atoms with Crippen LogP contribution in [0.1, 0.15) is 36.8 Å². The molecule has 108 valence electrons. The predicted molar refractivity (Wildman–Crippen MR) is 81.7 cm³/mol. The van der Waals surface area contributed by atoms with Gasteiger partial charge < -0.3 is 10.0 Å². The summed E-state index contributed by atoms with van der Waals surface area (Å²) in [6.45, 7) is 3.62.